The van der Waals surface area contributed by atoms with Gasteiger partial charge in [-0.2, -0.15) is 13.2 Å². The maximum Gasteiger partial charge on any atom is 0.389 e. The number of halogens is 3. The third-order valence-corrected chi connectivity index (χ3v) is 3.20. The van der Waals surface area contributed by atoms with E-state index in [1.807, 2.05) is 13.8 Å². The van der Waals surface area contributed by atoms with Crippen LogP contribution in [-0.4, -0.2) is 35.7 Å². The van der Waals surface area contributed by atoms with E-state index in [2.05, 4.69) is 5.32 Å². The van der Waals surface area contributed by atoms with E-state index in [0.717, 1.165) is 19.3 Å². The van der Waals surface area contributed by atoms with E-state index in [0.29, 0.717) is 0 Å². The second-order valence-corrected chi connectivity index (χ2v) is 4.79. The van der Waals surface area contributed by atoms with Crippen molar-refractivity contribution in [3.8, 4) is 0 Å². The first-order valence-electron chi connectivity index (χ1n) is 6.48. The zero-order chi connectivity index (χ0) is 13.8. The van der Waals surface area contributed by atoms with Gasteiger partial charge in [-0.3, -0.25) is 10.1 Å². The van der Waals surface area contributed by atoms with Gasteiger partial charge in [0.05, 0.1) is 12.2 Å². The zero-order valence-electron chi connectivity index (χ0n) is 10.9. The Labute approximate surface area is 106 Å². The molecule has 1 aliphatic rings. The second-order valence-electron chi connectivity index (χ2n) is 4.79. The molecule has 1 amide bonds. The van der Waals surface area contributed by atoms with E-state index in [4.69, 9.17) is 0 Å². The van der Waals surface area contributed by atoms with Gasteiger partial charge in [-0.05, 0) is 19.8 Å². The van der Waals surface area contributed by atoms with E-state index in [9.17, 15) is 18.0 Å². The van der Waals surface area contributed by atoms with Crippen molar-refractivity contribution in [2.24, 2.45) is 0 Å². The minimum Gasteiger partial charge on any atom is -0.326 e. The molecule has 1 rings (SSSR count). The second kappa shape index (κ2) is 6.41. The number of alkyl halides is 3. The Morgan fingerprint density at radius 3 is 2.56 bits per heavy atom. The topological polar surface area (TPSA) is 32.3 Å². The number of unbranched alkanes of at least 4 members (excludes halogenated alkanes) is 1. The van der Waals surface area contributed by atoms with Crippen molar-refractivity contribution in [3.05, 3.63) is 0 Å². The van der Waals surface area contributed by atoms with Crippen LogP contribution in [-0.2, 0) is 4.79 Å². The minimum absolute atomic E-state index is 0.0260. The highest BCUT2D eigenvalue weighted by Crippen LogP contribution is 2.23. The van der Waals surface area contributed by atoms with Gasteiger partial charge in [-0.15, -0.1) is 0 Å². The van der Waals surface area contributed by atoms with Crippen LogP contribution in [0.1, 0.15) is 46.0 Å². The van der Waals surface area contributed by atoms with Crippen molar-refractivity contribution in [2.45, 2.75) is 64.3 Å². The summed E-state index contributed by atoms with van der Waals surface area (Å²) in [5.41, 5.74) is 0. The molecule has 1 saturated heterocycles. The fourth-order valence-electron chi connectivity index (χ4n) is 2.21. The first-order valence-corrected chi connectivity index (χ1v) is 6.48. The Morgan fingerprint density at radius 2 is 2.00 bits per heavy atom. The molecule has 0 spiro atoms. The molecule has 1 aliphatic heterocycles. The van der Waals surface area contributed by atoms with Crippen LogP contribution < -0.4 is 5.32 Å². The summed E-state index contributed by atoms with van der Waals surface area (Å²) in [5.74, 6) is -0.0573. The molecule has 2 atom stereocenters. The smallest absolute Gasteiger partial charge is 0.326 e. The van der Waals surface area contributed by atoms with Gasteiger partial charge in [0.1, 0.15) is 0 Å². The molecule has 0 radical (unpaired) electrons. The summed E-state index contributed by atoms with van der Waals surface area (Å²) in [7, 11) is 0. The molecule has 0 bridgehead atoms. The van der Waals surface area contributed by atoms with Crippen LogP contribution in [0.25, 0.3) is 0 Å². The first-order chi connectivity index (χ1) is 8.35. The monoisotopic (exact) mass is 266 g/mol. The molecular weight excluding hydrogens is 245 g/mol. The maximum absolute atomic E-state index is 12.0. The van der Waals surface area contributed by atoms with Crippen molar-refractivity contribution in [3.63, 3.8) is 0 Å². The summed E-state index contributed by atoms with van der Waals surface area (Å²) in [4.78, 5) is 13.5. The van der Waals surface area contributed by atoms with Gasteiger partial charge in [0.25, 0.3) is 0 Å². The summed E-state index contributed by atoms with van der Waals surface area (Å²) in [5, 5.41) is 3.13. The molecule has 0 aromatic carbocycles. The van der Waals surface area contributed by atoms with Crippen LogP contribution in [0.4, 0.5) is 13.2 Å². The summed E-state index contributed by atoms with van der Waals surface area (Å²) in [6.07, 6.45) is -2.44. The standard InChI is InChI=1S/C12H21F3N2O/c1-3-4-6-10-11(18)17(9(2)16-10)8-5-7-12(13,14)15/h9-10,16H,3-8H2,1-2H3. The summed E-state index contributed by atoms with van der Waals surface area (Å²) < 4.78 is 36.1. The molecule has 0 aromatic rings. The number of nitrogens with one attached hydrogen (secondary N) is 1. The Morgan fingerprint density at radius 1 is 1.33 bits per heavy atom. The SMILES string of the molecule is CCCCC1NC(C)N(CCCC(F)(F)F)C1=O. The molecule has 1 fully saturated rings. The van der Waals surface area contributed by atoms with Crippen molar-refractivity contribution in [2.75, 3.05) is 6.54 Å². The number of amides is 1. The molecule has 2 unspecified atom stereocenters. The predicted molar refractivity (Wildman–Crippen MR) is 62.9 cm³/mol. The Hall–Kier alpha value is -0.780. The van der Waals surface area contributed by atoms with Crippen LogP contribution in [0.2, 0.25) is 0 Å². The van der Waals surface area contributed by atoms with Crippen LogP contribution in [0, 0.1) is 0 Å². The van der Waals surface area contributed by atoms with Gasteiger partial charge >= 0.3 is 6.18 Å². The van der Waals surface area contributed by atoms with E-state index in [1.54, 1.807) is 0 Å². The van der Waals surface area contributed by atoms with Crippen molar-refractivity contribution in [1.82, 2.24) is 10.2 Å². The molecule has 1 N–H and O–H groups in total. The summed E-state index contributed by atoms with van der Waals surface area (Å²) in [6, 6.07) is -0.217. The van der Waals surface area contributed by atoms with E-state index < -0.39 is 12.6 Å². The lowest BCUT2D eigenvalue weighted by Gasteiger charge is -2.21. The number of hydrogen-bond acceptors (Lipinski definition) is 2. The summed E-state index contributed by atoms with van der Waals surface area (Å²) in [6.45, 7) is 4.04. The van der Waals surface area contributed by atoms with Crippen LogP contribution in [0.3, 0.4) is 0 Å². The molecule has 106 valence electrons. The Balaban J connectivity index is 2.39. The molecular formula is C12H21F3N2O. The van der Waals surface area contributed by atoms with E-state index >= 15 is 0 Å². The van der Waals surface area contributed by atoms with Gasteiger partial charge < -0.3 is 4.90 Å². The lowest BCUT2D eigenvalue weighted by Crippen LogP contribution is -2.35. The Bertz CT molecular complexity index is 281. The Kier molecular flexibility index (Phi) is 5.44. The molecule has 0 aliphatic carbocycles. The van der Waals surface area contributed by atoms with Crippen LogP contribution >= 0.6 is 0 Å². The van der Waals surface area contributed by atoms with Gasteiger partial charge in [0.15, 0.2) is 0 Å². The number of hydrogen-bond donors (Lipinski definition) is 1. The fraction of sp³-hybridized carbons (Fsp3) is 0.917. The average molecular weight is 266 g/mol. The van der Waals surface area contributed by atoms with Gasteiger partial charge in [-0.25, -0.2) is 0 Å². The van der Waals surface area contributed by atoms with Crippen LogP contribution in [0.15, 0.2) is 0 Å². The van der Waals surface area contributed by atoms with Crippen LogP contribution in [0.5, 0.6) is 0 Å². The minimum atomic E-state index is -4.14. The molecule has 3 nitrogen and oxygen atoms in total. The zero-order valence-corrected chi connectivity index (χ0v) is 10.9. The predicted octanol–water partition coefficient (Wildman–Crippen LogP) is 2.67. The van der Waals surface area contributed by atoms with Crippen molar-refractivity contribution in [1.29, 1.82) is 0 Å². The van der Waals surface area contributed by atoms with E-state index in [1.165, 1.54) is 4.90 Å². The highest BCUT2D eigenvalue weighted by atomic mass is 19.4. The lowest BCUT2D eigenvalue weighted by atomic mass is 10.1. The molecule has 6 heteroatoms. The third-order valence-electron chi connectivity index (χ3n) is 3.20. The quantitative estimate of drug-likeness (QED) is 0.801. The molecule has 0 saturated carbocycles. The van der Waals surface area contributed by atoms with Crippen molar-refractivity contribution < 1.29 is 18.0 Å². The lowest BCUT2D eigenvalue weighted by molar-refractivity contribution is -0.140. The molecule has 0 aromatic heterocycles. The molecule has 1 heterocycles. The average Bonchev–Trinajstić information content (AvgIpc) is 2.52. The van der Waals surface area contributed by atoms with E-state index in [-0.39, 0.29) is 31.1 Å². The largest absolute Gasteiger partial charge is 0.389 e. The normalized spacial score (nSPS) is 24.9. The van der Waals surface area contributed by atoms with Gasteiger partial charge in [0.2, 0.25) is 5.91 Å². The highest BCUT2D eigenvalue weighted by molar-refractivity contribution is 5.84. The number of rotatable bonds is 6. The fourth-order valence-corrected chi connectivity index (χ4v) is 2.21. The van der Waals surface area contributed by atoms with Crippen molar-refractivity contribution >= 4 is 5.91 Å². The first kappa shape index (κ1) is 15.3. The maximum atomic E-state index is 12.0. The highest BCUT2D eigenvalue weighted by Gasteiger charge is 2.36. The van der Waals surface area contributed by atoms with Gasteiger partial charge in [0, 0.05) is 13.0 Å². The van der Waals surface area contributed by atoms with Gasteiger partial charge in [-0.1, -0.05) is 19.8 Å². The number of carbonyl (C=O) groups excluding carboxylic acids is 1. The number of carbonyl (C=O) groups is 1. The third kappa shape index (κ3) is 4.48. The summed E-state index contributed by atoms with van der Waals surface area (Å²) >= 11 is 0. The molecule has 18 heavy (non-hydrogen) atoms. The number of nitrogens with zero attached hydrogens (tertiary/aromatic N) is 1.